The van der Waals surface area contributed by atoms with Crippen LogP contribution in [0.3, 0.4) is 0 Å². The third kappa shape index (κ3) is 4.67. The maximum atomic E-state index is 12.6. The summed E-state index contributed by atoms with van der Waals surface area (Å²) in [6, 6.07) is 9.51. The number of amides is 1. The lowest BCUT2D eigenvalue weighted by molar-refractivity contribution is -0.114. The van der Waals surface area contributed by atoms with Crippen LogP contribution in [-0.4, -0.2) is 32.0 Å². The molecule has 0 spiro atoms. The van der Waals surface area contributed by atoms with Gasteiger partial charge in [0, 0.05) is 24.2 Å². The van der Waals surface area contributed by atoms with Gasteiger partial charge in [0.25, 0.3) is 0 Å². The molecular formula is C19H21ClN2O4. The number of hydrogen-bond acceptors (Lipinski definition) is 5. The van der Waals surface area contributed by atoms with Gasteiger partial charge in [0.1, 0.15) is 11.5 Å². The molecule has 0 saturated carbocycles. The molecule has 0 radical (unpaired) electrons. The van der Waals surface area contributed by atoms with Crippen molar-refractivity contribution >= 4 is 34.7 Å². The third-order valence-corrected chi connectivity index (χ3v) is 4.02. The van der Waals surface area contributed by atoms with Crippen molar-refractivity contribution in [3.8, 4) is 11.5 Å². The first-order valence-electron chi connectivity index (χ1n) is 7.95. The fraction of sp³-hybridized carbons (Fsp3) is 0.263. The van der Waals surface area contributed by atoms with Crippen molar-refractivity contribution in [3.05, 3.63) is 47.0 Å². The van der Waals surface area contributed by atoms with Crippen LogP contribution in [0.15, 0.2) is 36.4 Å². The van der Waals surface area contributed by atoms with Gasteiger partial charge in [-0.25, -0.2) is 0 Å². The molecule has 0 aliphatic carbocycles. The second kappa shape index (κ2) is 8.58. The first-order chi connectivity index (χ1) is 12.3. The summed E-state index contributed by atoms with van der Waals surface area (Å²) in [6.45, 7) is 3.18. The lowest BCUT2D eigenvalue weighted by Crippen LogP contribution is -2.26. The zero-order chi connectivity index (χ0) is 19.3. The van der Waals surface area contributed by atoms with Gasteiger partial charge in [0.15, 0.2) is 5.78 Å². The van der Waals surface area contributed by atoms with Crippen molar-refractivity contribution in [3.63, 3.8) is 0 Å². The average molecular weight is 377 g/mol. The summed E-state index contributed by atoms with van der Waals surface area (Å²) in [6.07, 6.45) is 0. The molecule has 1 atom stereocenters. The summed E-state index contributed by atoms with van der Waals surface area (Å²) in [5.74, 6) is 0.740. The maximum absolute atomic E-state index is 12.6. The molecule has 0 fully saturated rings. The van der Waals surface area contributed by atoms with Crippen molar-refractivity contribution in [2.75, 3.05) is 24.9 Å². The van der Waals surface area contributed by atoms with Crippen molar-refractivity contribution in [1.82, 2.24) is 0 Å². The summed E-state index contributed by atoms with van der Waals surface area (Å²) >= 11 is 6.16. The normalized spacial score (nSPS) is 11.4. The number of anilines is 2. The van der Waals surface area contributed by atoms with E-state index in [9.17, 15) is 9.59 Å². The van der Waals surface area contributed by atoms with E-state index in [4.69, 9.17) is 21.1 Å². The van der Waals surface area contributed by atoms with Gasteiger partial charge in [0.05, 0.1) is 31.0 Å². The number of ether oxygens (including phenoxy) is 2. The van der Waals surface area contributed by atoms with E-state index in [0.717, 1.165) is 0 Å². The molecule has 2 aromatic rings. The van der Waals surface area contributed by atoms with Crippen LogP contribution >= 0.6 is 11.6 Å². The van der Waals surface area contributed by atoms with E-state index in [2.05, 4.69) is 10.6 Å². The molecule has 138 valence electrons. The summed E-state index contributed by atoms with van der Waals surface area (Å²) in [5.41, 5.74) is 1.75. The molecule has 7 heteroatoms. The summed E-state index contributed by atoms with van der Waals surface area (Å²) < 4.78 is 10.5. The number of carbonyl (C=O) groups excluding carboxylic acids is 2. The lowest BCUT2D eigenvalue weighted by atomic mass is 10.0. The van der Waals surface area contributed by atoms with Crippen molar-refractivity contribution in [2.45, 2.75) is 19.9 Å². The molecule has 2 N–H and O–H groups in total. The van der Waals surface area contributed by atoms with E-state index in [1.54, 1.807) is 43.3 Å². The second-order valence-corrected chi connectivity index (χ2v) is 6.08. The fourth-order valence-corrected chi connectivity index (χ4v) is 2.68. The first-order valence-corrected chi connectivity index (χ1v) is 8.33. The van der Waals surface area contributed by atoms with Gasteiger partial charge in [-0.1, -0.05) is 11.6 Å². The van der Waals surface area contributed by atoms with Crippen molar-refractivity contribution < 1.29 is 19.1 Å². The number of carbonyl (C=O) groups is 2. The predicted octanol–water partition coefficient (Wildman–Crippen LogP) is 4.00. The summed E-state index contributed by atoms with van der Waals surface area (Å²) in [7, 11) is 3.05. The van der Waals surface area contributed by atoms with Crippen LogP contribution in [0.4, 0.5) is 11.4 Å². The lowest BCUT2D eigenvalue weighted by Gasteiger charge is -2.18. The van der Waals surface area contributed by atoms with Crippen LogP contribution in [0.1, 0.15) is 24.2 Å². The molecular weight excluding hydrogens is 356 g/mol. The Morgan fingerprint density at radius 1 is 1.04 bits per heavy atom. The van der Waals surface area contributed by atoms with Crippen molar-refractivity contribution in [1.29, 1.82) is 0 Å². The highest BCUT2D eigenvalue weighted by Crippen LogP contribution is 2.36. The van der Waals surface area contributed by atoms with Crippen LogP contribution in [-0.2, 0) is 4.79 Å². The number of rotatable bonds is 7. The minimum Gasteiger partial charge on any atom is -0.495 e. The summed E-state index contributed by atoms with van der Waals surface area (Å²) in [5, 5.41) is 6.19. The Morgan fingerprint density at radius 2 is 1.65 bits per heavy atom. The van der Waals surface area contributed by atoms with Gasteiger partial charge in [-0.15, -0.1) is 0 Å². The largest absolute Gasteiger partial charge is 0.495 e. The number of benzene rings is 2. The highest BCUT2D eigenvalue weighted by Gasteiger charge is 2.18. The van der Waals surface area contributed by atoms with Crippen LogP contribution < -0.4 is 20.1 Å². The number of nitrogens with one attached hydrogen (secondary N) is 2. The summed E-state index contributed by atoms with van der Waals surface area (Å²) in [4.78, 5) is 23.7. The van der Waals surface area contributed by atoms with E-state index in [-0.39, 0.29) is 11.7 Å². The van der Waals surface area contributed by atoms with E-state index in [1.807, 2.05) is 0 Å². The van der Waals surface area contributed by atoms with Gasteiger partial charge < -0.3 is 20.1 Å². The van der Waals surface area contributed by atoms with Crippen LogP contribution in [0.2, 0.25) is 5.02 Å². The molecule has 0 heterocycles. The smallest absolute Gasteiger partial charge is 0.221 e. The quantitative estimate of drug-likeness (QED) is 0.714. The Labute approximate surface area is 157 Å². The number of halogens is 1. The van der Waals surface area contributed by atoms with E-state index in [1.165, 1.54) is 21.1 Å². The van der Waals surface area contributed by atoms with Gasteiger partial charge in [-0.3, -0.25) is 9.59 Å². The highest BCUT2D eigenvalue weighted by molar-refractivity contribution is 6.32. The molecule has 2 rings (SSSR count). The van der Waals surface area contributed by atoms with Gasteiger partial charge >= 0.3 is 0 Å². The molecule has 0 unspecified atom stereocenters. The molecule has 0 aromatic heterocycles. The van der Waals surface area contributed by atoms with Crippen molar-refractivity contribution in [2.24, 2.45) is 0 Å². The van der Waals surface area contributed by atoms with Gasteiger partial charge in [0.2, 0.25) is 5.91 Å². The zero-order valence-electron chi connectivity index (χ0n) is 15.1. The fourth-order valence-electron chi connectivity index (χ4n) is 2.44. The standard InChI is InChI=1S/C19H21ClN2O4/c1-11(19(24)13-5-7-14(8-6-13)22-12(2)23)21-16-9-15(20)17(25-3)10-18(16)26-4/h5-11,21H,1-4H3,(H,22,23)/t11-/m1/s1. The molecule has 0 bridgehead atoms. The van der Waals surface area contributed by atoms with E-state index < -0.39 is 6.04 Å². The van der Waals surface area contributed by atoms with Crippen LogP contribution in [0.5, 0.6) is 11.5 Å². The van der Waals surface area contributed by atoms with Gasteiger partial charge in [-0.2, -0.15) is 0 Å². The molecule has 1 amide bonds. The Morgan fingerprint density at radius 3 is 2.19 bits per heavy atom. The maximum Gasteiger partial charge on any atom is 0.221 e. The molecule has 0 saturated heterocycles. The zero-order valence-corrected chi connectivity index (χ0v) is 15.8. The average Bonchev–Trinajstić information content (AvgIpc) is 2.61. The Balaban J connectivity index is 2.16. The molecule has 26 heavy (non-hydrogen) atoms. The molecule has 0 aliphatic rings. The second-order valence-electron chi connectivity index (χ2n) is 5.68. The minimum atomic E-state index is -0.514. The Bertz CT molecular complexity index is 806. The van der Waals surface area contributed by atoms with Crippen LogP contribution in [0.25, 0.3) is 0 Å². The highest BCUT2D eigenvalue weighted by atomic mass is 35.5. The van der Waals surface area contributed by atoms with E-state index >= 15 is 0 Å². The topological polar surface area (TPSA) is 76.7 Å². The number of ketones is 1. The molecule has 0 aliphatic heterocycles. The number of hydrogen-bond donors (Lipinski definition) is 2. The first kappa shape index (κ1) is 19.6. The van der Waals surface area contributed by atoms with Crippen LogP contribution in [0, 0.1) is 0 Å². The minimum absolute atomic E-state index is 0.103. The SMILES string of the molecule is COc1cc(OC)c(N[C@H](C)C(=O)c2ccc(NC(C)=O)cc2)cc1Cl. The number of methoxy groups -OCH3 is 2. The predicted molar refractivity (Wildman–Crippen MR) is 103 cm³/mol. The molecule has 2 aromatic carbocycles. The monoisotopic (exact) mass is 376 g/mol. The molecule has 6 nitrogen and oxygen atoms in total. The Hall–Kier alpha value is -2.73. The van der Waals surface area contributed by atoms with Gasteiger partial charge in [-0.05, 0) is 37.3 Å². The number of Topliss-reactive ketones (excluding diaryl/α,β-unsaturated/α-hetero) is 1. The Kier molecular flexibility index (Phi) is 6.46. The third-order valence-electron chi connectivity index (χ3n) is 3.73. The van der Waals surface area contributed by atoms with E-state index in [0.29, 0.717) is 33.5 Å².